The van der Waals surface area contributed by atoms with E-state index in [4.69, 9.17) is 0 Å². The molecular weight excluding hydrogens is 244 g/mol. The lowest BCUT2D eigenvalue weighted by Gasteiger charge is -2.37. The lowest BCUT2D eigenvalue weighted by molar-refractivity contribution is -0.124. The molecule has 20 heavy (non-hydrogen) atoms. The summed E-state index contributed by atoms with van der Waals surface area (Å²) >= 11 is 0. The summed E-state index contributed by atoms with van der Waals surface area (Å²) in [6.07, 6.45) is 5.72. The van der Waals surface area contributed by atoms with Crippen LogP contribution in [0.2, 0.25) is 0 Å². The standard InChI is InChI=1S/C19H30O/c1-7-14(10-12(2)3)13(4)18(20)17-15-8-9-16(11-15)19(17,5)6/h15-17H,2,7-11H2,1,3-6H3/b14-13+. The second kappa shape index (κ2) is 5.50. The minimum Gasteiger partial charge on any atom is -0.294 e. The lowest BCUT2D eigenvalue weighted by atomic mass is 9.66. The Morgan fingerprint density at radius 1 is 1.25 bits per heavy atom. The van der Waals surface area contributed by atoms with E-state index >= 15 is 0 Å². The van der Waals surface area contributed by atoms with Crippen LogP contribution >= 0.6 is 0 Å². The molecule has 0 spiro atoms. The fourth-order valence-corrected chi connectivity index (χ4v) is 4.70. The quantitative estimate of drug-likeness (QED) is 0.490. The van der Waals surface area contributed by atoms with Crippen LogP contribution in [-0.2, 0) is 4.79 Å². The molecule has 0 aromatic carbocycles. The maximum Gasteiger partial charge on any atom is 0.162 e. The van der Waals surface area contributed by atoms with Crippen LogP contribution in [0.1, 0.15) is 66.7 Å². The van der Waals surface area contributed by atoms with Gasteiger partial charge < -0.3 is 0 Å². The van der Waals surface area contributed by atoms with Gasteiger partial charge in [0.05, 0.1) is 0 Å². The molecule has 0 saturated heterocycles. The summed E-state index contributed by atoms with van der Waals surface area (Å²) in [5.74, 6) is 2.09. The highest BCUT2D eigenvalue weighted by Gasteiger charge is 2.55. The minimum atomic E-state index is 0.198. The number of hydrogen-bond acceptors (Lipinski definition) is 1. The van der Waals surface area contributed by atoms with Crippen LogP contribution in [0.3, 0.4) is 0 Å². The van der Waals surface area contributed by atoms with Gasteiger partial charge in [-0.25, -0.2) is 0 Å². The zero-order chi connectivity index (χ0) is 15.1. The summed E-state index contributed by atoms with van der Waals surface area (Å²) in [4.78, 5) is 13.0. The van der Waals surface area contributed by atoms with Gasteiger partial charge in [0.2, 0.25) is 0 Å². The van der Waals surface area contributed by atoms with Crippen molar-refractivity contribution in [3.05, 3.63) is 23.3 Å². The zero-order valence-corrected chi connectivity index (χ0v) is 13.9. The number of ketones is 1. The van der Waals surface area contributed by atoms with Crippen molar-refractivity contribution in [1.29, 1.82) is 0 Å². The van der Waals surface area contributed by atoms with E-state index in [0.717, 1.165) is 29.9 Å². The first-order valence-corrected chi connectivity index (χ1v) is 8.16. The van der Waals surface area contributed by atoms with E-state index in [2.05, 4.69) is 34.3 Å². The van der Waals surface area contributed by atoms with Gasteiger partial charge in [-0.15, -0.1) is 0 Å². The van der Waals surface area contributed by atoms with Crippen LogP contribution in [0.5, 0.6) is 0 Å². The molecule has 2 fully saturated rings. The molecule has 2 bridgehead atoms. The first-order valence-electron chi connectivity index (χ1n) is 8.16. The van der Waals surface area contributed by atoms with Crippen molar-refractivity contribution >= 4 is 5.78 Å². The second-order valence-electron chi connectivity index (χ2n) is 7.65. The molecule has 0 heterocycles. The molecule has 1 nitrogen and oxygen atoms in total. The minimum absolute atomic E-state index is 0.198. The molecule has 0 aliphatic heterocycles. The molecule has 3 unspecified atom stereocenters. The largest absolute Gasteiger partial charge is 0.294 e. The highest BCUT2D eigenvalue weighted by molar-refractivity contribution is 5.98. The van der Waals surface area contributed by atoms with Crippen LogP contribution in [-0.4, -0.2) is 5.78 Å². The van der Waals surface area contributed by atoms with Crippen molar-refractivity contribution in [3.8, 4) is 0 Å². The Morgan fingerprint density at radius 3 is 2.35 bits per heavy atom. The SMILES string of the molecule is C=C(C)C/C(CC)=C(\C)C(=O)C1C2CCC(C2)C1(C)C. The predicted molar refractivity (Wildman–Crippen MR) is 85.5 cm³/mol. The van der Waals surface area contributed by atoms with Gasteiger partial charge in [-0.1, -0.05) is 38.5 Å². The third-order valence-electron chi connectivity index (χ3n) is 5.92. The Bertz CT molecular complexity index is 452. The maximum absolute atomic E-state index is 13.0. The van der Waals surface area contributed by atoms with Crippen LogP contribution in [0, 0.1) is 23.2 Å². The van der Waals surface area contributed by atoms with E-state index in [9.17, 15) is 4.79 Å². The molecule has 0 N–H and O–H groups in total. The Hall–Kier alpha value is -0.850. The predicted octanol–water partition coefficient (Wildman–Crippen LogP) is 5.32. The Morgan fingerprint density at radius 2 is 1.90 bits per heavy atom. The summed E-state index contributed by atoms with van der Waals surface area (Å²) in [5, 5.41) is 0. The van der Waals surface area contributed by atoms with Crippen molar-refractivity contribution in [2.75, 3.05) is 0 Å². The van der Waals surface area contributed by atoms with Gasteiger partial charge in [0, 0.05) is 5.92 Å². The van der Waals surface area contributed by atoms with E-state index in [1.54, 1.807) is 0 Å². The summed E-state index contributed by atoms with van der Waals surface area (Å²) < 4.78 is 0. The number of carbonyl (C=O) groups excluding carboxylic acids is 1. The van der Waals surface area contributed by atoms with Crippen molar-refractivity contribution in [1.82, 2.24) is 0 Å². The number of allylic oxidation sites excluding steroid dienone is 3. The Kier molecular flexibility index (Phi) is 4.27. The molecule has 112 valence electrons. The van der Waals surface area contributed by atoms with Gasteiger partial charge >= 0.3 is 0 Å². The zero-order valence-electron chi connectivity index (χ0n) is 13.9. The van der Waals surface area contributed by atoms with Gasteiger partial charge in [-0.05, 0) is 68.8 Å². The molecule has 1 heteroatoms. The van der Waals surface area contributed by atoms with Crippen molar-refractivity contribution in [2.24, 2.45) is 23.2 Å². The third-order valence-corrected chi connectivity index (χ3v) is 5.92. The molecule has 0 amide bonds. The second-order valence-corrected chi connectivity index (χ2v) is 7.65. The molecule has 3 atom stereocenters. The van der Waals surface area contributed by atoms with Crippen molar-refractivity contribution in [3.63, 3.8) is 0 Å². The summed E-state index contributed by atoms with van der Waals surface area (Å²) in [7, 11) is 0. The van der Waals surface area contributed by atoms with Crippen molar-refractivity contribution < 1.29 is 4.79 Å². The van der Waals surface area contributed by atoms with Crippen LogP contribution in [0.15, 0.2) is 23.3 Å². The molecule has 2 rings (SSSR count). The van der Waals surface area contributed by atoms with Crippen LogP contribution in [0.25, 0.3) is 0 Å². The fraction of sp³-hybridized carbons (Fsp3) is 0.737. The molecular formula is C19H30O. The summed E-state index contributed by atoms with van der Waals surface area (Å²) in [6, 6.07) is 0. The van der Waals surface area contributed by atoms with Gasteiger partial charge in [0.1, 0.15) is 0 Å². The first kappa shape index (κ1) is 15.5. The number of rotatable bonds is 5. The summed E-state index contributed by atoms with van der Waals surface area (Å²) in [5.41, 5.74) is 3.67. The number of fused-ring (bicyclic) bond motifs is 2. The molecule has 2 aliphatic carbocycles. The maximum atomic E-state index is 13.0. The average Bonchev–Trinajstić information content (AvgIpc) is 2.92. The summed E-state index contributed by atoms with van der Waals surface area (Å²) in [6.45, 7) is 14.9. The molecule has 0 aromatic rings. The molecule has 2 saturated carbocycles. The number of hydrogen-bond donors (Lipinski definition) is 0. The molecule has 2 aliphatic rings. The Labute approximate surface area is 124 Å². The van der Waals surface area contributed by atoms with E-state index in [1.165, 1.54) is 24.8 Å². The molecule has 0 radical (unpaired) electrons. The van der Waals surface area contributed by atoms with Gasteiger partial charge in [0.15, 0.2) is 5.78 Å². The lowest BCUT2D eigenvalue weighted by Crippen LogP contribution is -2.37. The van der Waals surface area contributed by atoms with E-state index in [-0.39, 0.29) is 11.3 Å². The average molecular weight is 274 g/mol. The van der Waals surface area contributed by atoms with Gasteiger partial charge in [-0.3, -0.25) is 4.79 Å². The number of carbonyl (C=O) groups is 1. The van der Waals surface area contributed by atoms with E-state index < -0.39 is 0 Å². The Balaban J connectivity index is 2.26. The van der Waals surface area contributed by atoms with E-state index in [0.29, 0.717) is 11.7 Å². The van der Waals surface area contributed by atoms with Crippen molar-refractivity contribution in [2.45, 2.75) is 66.7 Å². The highest BCUT2D eigenvalue weighted by Crippen LogP contribution is 2.60. The topological polar surface area (TPSA) is 17.1 Å². The highest BCUT2D eigenvalue weighted by atomic mass is 16.1. The van der Waals surface area contributed by atoms with Gasteiger partial charge in [-0.2, -0.15) is 0 Å². The van der Waals surface area contributed by atoms with Gasteiger partial charge in [0.25, 0.3) is 0 Å². The normalized spacial score (nSPS) is 32.1. The third kappa shape index (κ3) is 2.52. The van der Waals surface area contributed by atoms with E-state index in [1.807, 2.05) is 6.92 Å². The van der Waals surface area contributed by atoms with Crippen LogP contribution < -0.4 is 0 Å². The monoisotopic (exact) mass is 274 g/mol. The fourth-order valence-electron chi connectivity index (χ4n) is 4.70. The number of Topliss-reactive ketones (excluding diaryl/α,β-unsaturated/α-hetero) is 1. The first-order chi connectivity index (χ1) is 9.28. The molecule has 0 aromatic heterocycles. The smallest absolute Gasteiger partial charge is 0.162 e. The van der Waals surface area contributed by atoms with Crippen LogP contribution in [0.4, 0.5) is 0 Å².